The summed E-state index contributed by atoms with van der Waals surface area (Å²) in [5.41, 5.74) is 1.40. The van der Waals surface area contributed by atoms with Crippen molar-refractivity contribution in [2.24, 2.45) is 0 Å². The SMILES string of the molecule is Fc1cccc2c(I)nn(Cc3ccccn3)c12. The van der Waals surface area contributed by atoms with Crippen LogP contribution in [0.3, 0.4) is 0 Å². The lowest BCUT2D eigenvalue weighted by Crippen LogP contribution is -2.04. The number of hydrogen-bond acceptors (Lipinski definition) is 2. The maximum absolute atomic E-state index is 13.9. The largest absolute Gasteiger partial charge is 0.259 e. The lowest BCUT2D eigenvalue weighted by atomic mass is 10.2. The van der Waals surface area contributed by atoms with Gasteiger partial charge in [0.2, 0.25) is 0 Å². The molecule has 0 atom stereocenters. The molecular weight excluding hydrogens is 344 g/mol. The fourth-order valence-corrected chi connectivity index (χ4v) is 2.61. The number of para-hydroxylation sites is 1. The van der Waals surface area contributed by atoms with Gasteiger partial charge < -0.3 is 0 Å². The average Bonchev–Trinajstić information content (AvgIpc) is 2.69. The van der Waals surface area contributed by atoms with Crippen LogP contribution < -0.4 is 0 Å². The molecule has 90 valence electrons. The number of nitrogens with zero attached hydrogens (tertiary/aromatic N) is 3. The number of hydrogen-bond donors (Lipinski definition) is 0. The minimum absolute atomic E-state index is 0.251. The lowest BCUT2D eigenvalue weighted by Gasteiger charge is -2.03. The smallest absolute Gasteiger partial charge is 0.149 e. The molecule has 0 saturated heterocycles. The molecule has 5 heteroatoms. The third-order valence-electron chi connectivity index (χ3n) is 2.71. The molecule has 0 spiro atoms. The van der Waals surface area contributed by atoms with Gasteiger partial charge in [0.05, 0.1) is 12.2 Å². The maximum atomic E-state index is 13.9. The molecule has 3 rings (SSSR count). The zero-order chi connectivity index (χ0) is 12.5. The number of benzene rings is 1. The van der Waals surface area contributed by atoms with Crippen LogP contribution >= 0.6 is 22.6 Å². The van der Waals surface area contributed by atoms with Crippen LogP contribution in [0.5, 0.6) is 0 Å². The summed E-state index contributed by atoms with van der Waals surface area (Å²) in [6.45, 7) is 0.473. The van der Waals surface area contributed by atoms with Gasteiger partial charge in [0.25, 0.3) is 0 Å². The highest BCUT2D eigenvalue weighted by atomic mass is 127. The van der Waals surface area contributed by atoms with Gasteiger partial charge in [-0.2, -0.15) is 5.10 Å². The highest BCUT2D eigenvalue weighted by Crippen LogP contribution is 2.23. The Balaban J connectivity index is 2.13. The average molecular weight is 353 g/mol. The van der Waals surface area contributed by atoms with Crippen LogP contribution in [0.25, 0.3) is 10.9 Å². The molecule has 0 aliphatic heterocycles. The minimum atomic E-state index is -0.251. The standard InChI is InChI=1S/C13H9FIN3/c14-11-6-3-5-10-12(11)18(17-13(10)15)8-9-4-1-2-7-16-9/h1-7H,8H2. The number of rotatable bonds is 2. The van der Waals surface area contributed by atoms with Crippen molar-refractivity contribution in [3.05, 3.63) is 57.8 Å². The van der Waals surface area contributed by atoms with E-state index in [4.69, 9.17) is 0 Å². The topological polar surface area (TPSA) is 30.7 Å². The summed E-state index contributed by atoms with van der Waals surface area (Å²) in [4.78, 5) is 4.23. The monoisotopic (exact) mass is 353 g/mol. The second-order valence-electron chi connectivity index (χ2n) is 3.91. The van der Waals surface area contributed by atoms with Crippen LogP contribution in [0.4, 0.5) is 4.39 Å². The minimum Gasteiger partial charge on any atom is -0.259 e. The van der Waals surface area contributed by atoms with Crippen molar-refractivity contribution in [1.29, 1.82) is 0 Å². The number of aromatic nitrogens is 3. The molecular formula is C13H9FIN3. The summed E-state index contributed by atoms with van der Waals surface area (Å²) in [5.74, 6) is -0.251. The molecule has 0 saturated carbocycles. The van der Waals surface area contributed by atoms with Gasteiger partial charge in [-0.1, -0.05) is 12.1 Å². The van der Waals surface area contributed by atoms with Crippen LogP contribution in [0.15, 0.2) is 42.6 Å². The Kier molecular flexibility index (Phi) is 2.99. The zero-order valence-electron chi connectivity index (χ0n) is 9.35. The van der Waals surface area contributed by atoms with Gasteiger partial charge in [-0.25, -0.2) is 4.39 Å². The molecule has 0 aliphatic carbocycles. The highest BCUT2D eigenvalue weighted by Gasteiger charge is 2.12. The normalized spacial score (nSPS) is 11.0. The summed E-state index contributed by atoms with van der Waals surface area (Å²) >= 11 is 2.12. The van der Waals surface area contributed by atoms with Crippen molar-refractivity contribution in [1.82, 2.24) is 14.8 Å². The molecule has 0 fully saturated rings. The van der Waals surface area contributed by atoms with E-state index in [2.05, 4.69) is 32.7 Å². The molecule has 0 amide bonds. The first kappa shape index (κ1) is 11.6. The lowest BCUT2D eigenvalue weighted by molar-refractivity contribution is 0.613. The van der Waals surface area contributed by atoms with Crippen LogP contribution in [0.2, 0.25) is 0 Å². The summed E-state index contributed by atoms with van der Waals surface area (Å²) in [6.07, 6.45) is 1.72. The van der Waals surface area contributed by atoms with Gasteiger partial charge >= 0.3 is 0 Å². The van der Waals surface area contributed by atoms with Crippen molar-refractivity contribution in [2.45, 2.75) is 6.54 Å². The summed E-state index contributed by atoms with van der Waals surface area (Å²) in [5, 5.41) is 5.21. The van der Waals surface area contributed by atoms with Crippen LogP contribution in [-0.2, 0) is 6.54 Å². The highest BCUT2D eigenvalue weighted by molar-refractivity contribution is 14.1. The Labute approximate surface area is 117 Å². The maximum Gasteiger partial charge on any atom is 0.149 e. The molecule has 0 unspecified atom stereocenters. The Morgan fingerprint density at radius 2 is 2.06 bits per heavy atom. The van der Waals surface area contributed by atoms with Crippen LogP contribution in [0, 0.1) is 9.52 Å². The molecule has 3 nitrogen and oxygen atoms in total. The second-order valence-corrected chi connectivity index (χ2v) is 4.93. The van der Waals surface area contributed by atoms with Gasteiger partial charge in [0.15, 0.2) is 0 Å². The molecule has 0 aliphatic rings. The molecule has 2 heterocycles. The number of halogens is 2. The van der Waals surface area contributed by atoms with E-state index < -0.39 is 0 Å². The van der Waals surface area contributed by atoms with E-state index in [0.717, 1.165) is 14.8 Å². The van der Waals surface area contributed by atoms with E-state index in [0.29, 0.717) is 12.1 Å². The Morgan fingerprint density at radius 3 is 2.83 bits per heavy atom. The molecule has 1 aromatic carbocycles. The molecule has 3 aromatic rings. The molecule has 18 heavy (non-hydrogen) atoms. The first-order valence-corrected chi connectivity index (χ1v) is 6.54. The third kappa shape index (κ3) is 1.98. The van der Waals surface area contributed by atoms with Gasteiger partial charge in [0, 0.05) is 11.6 Å². The first-order valence-electron chi connectivity index (χ1n) is 5.46. The quantitative estimate of drug-likeness (QED) is 0.663. The van der Waals surface area contributed by atoms with Gasteiger partial charge in [-0.05, 0) is 46.9 Å². The van der Waals surface area contributed by atoms with E-state index in [1.165, 1.54) is 6.07 Å². The van der Waals surface area contributed by atoms with Gasteiger partial charge in [0.1, 0.15) is 15.0 Å². The molecule has 0 N–H and O–H groups in total. The molecule has 2 aromatic heterocycles. The van der Waals surface area contributed by atoms with Crippen molar-refractivity contribution in [3.63, 3.8) is 0 Å². The molecule has 0 radical (unpaired) electrons. The van der Waals surface area contributed by atoms with Crippen molar-refractivity contribution in [3.8, 4) is 0 Å². The second kappa shape index (κ2) is 4.64. The zero-order valence-corrected chi connectivity index (χ0v) is 11.5. The van der Waals surface area contributed by atoms with Crippen molar-refractivity contribution in [2.75, 3.05) is 0 Å². The van der Waals surface area contributed by atoms with Crippen molar-refractivity contribution >= 4 is 33.5 Å². The van der Waals surface area contributed by atoms with Crippen LogP contribution in [-0.4, -0.2) is 14.8 Å². The van der Waals surface area contributed by atoms with E-state index in [1.54, 1.807) is 16.9 Å². The Hall–Kier alpha value is -1.50. The predicted molar refractivity (Wildman–Crippen MR) is 75.7 cm³/mol. The van der Waals surface area contributed by atoms with E-state index in [-0.39, 0.29) is 5.82 Å². The Morgan fingerprint density at radius 1 is 1.17 bits per heavy atom. The van der Waals surface area contributed by atoms with Gasteiger partial charge in [-0.3, -0.25) is 9.67 Å². The van der Waals surface area contributed by atoms with E-state index >= 15 is 0 Å². The van der Waals surface area contributed by atoms with E-state index in [1.807, 2.05) is 24.3 Å². The van der Waals surface area contributed by atoms with Crippen molar-refractivity contribution < 1.29 is 4.39 Å². The third-order valence-corrected chi connectivity index (χ3v) is 3.51. The van der Waals surface area contributed by atoms with Gasteiger partial charge in [-0.15, -0.1) is 0 Å². The summed E-state index contributed by atoms with van der Waals surface area (Å²) < 4.78 is 16.3. The summed E-state index contributed by atoms with van der Waals surface area (Å²) in [6, 6.07) is 10.7. The Bertz CT molecular complexity index is 694. The predicted octanol–water partition coefficient (Wildman–Crippen LogP) is 3.22. The fourth-order valence-electron chi connectivity index (χ4n) is 1.91. The summed E-state index contributed by atoms with van der Waals surface area (Å²) in [7, 11) is 0. The van der Waals surface area contributed by atoms with E-state index in [9.17, 15) is 4.39 Å². The number of pyridine rings is 1. The number of fused-ring (bicyclic) bond motifs is 1. The van der Waals surface area contributed by atoms with Crippen LogP contribution in [0.1, 0.15) is 5.69 Å². The molecule has 0 bridgehead atoms. The fraction of sp³-hybridized carbons (Fsp3) is 0.0769. The first-order chi connectivity index (χ1) is 8.75.